The predicted octanol–water partition coefficient (Wildman–Crippen LogP) is 8.54. The van der Waals surface area contributed by atoms with Crippen molar-refractivity contribution in [1.29, 1.82) is 0 Å². The summed E-state index contributed by atoms with van der Waals surface area (Å²) in [5.74, 6) is -1.20. The Bertz CT molecular complexity index is 1250. The lowest BCUT2D eigenvalue weighted by Crippen LogP contribution is -2.64. The second-order valence-corrected chi connectivity index (χ2v) is 17.6. The van der Waals surface area contributed by atoms with E-state index in [0.717, 1.165) is 44.9 Å². The number of hydrogen-bond donors (Lipinski definition) is 5. The van der Waals surface area contributed by atoms with E-state index in [1.54, 1.807) is 0 Å². The number of carbonyl (C=O) groups excluding carboxylic acids is 2. The lowest BCUT2D eigenvalue weighted by atomic mass is 9.85. The van der Waals surface area contributed by atoms with Crippen molar-refractivity contribution in [3.63, 3.8) is 0 Å². The molecule has 1 aliphatic carbocycles. The average Bonchev–Trinajstić information content (AvgIpc) is 3.24. The van der Waals surface area contributed by atoms with Crippen LogP contribution in [0, 0.1) is 0 Å². The minimum Gasteiger partial charge on any atom is -0.756 e. The number of unbranched alkanes of at least 4 members (excludes halogenated alkanes) is 18. The van der Waals surface area contributed by atoms with E-state index in [0.29, 0.717) is 19.3 Å². The van der Waals surface area contributed by atoms with Crippen molar-refractivity contribution in [3.05, 3.63) is 48.6 Å². The summed E-state index contributed by atoms with van der Waals surface area (Å²) in [5.41, 5.74) is 0. The Morgan fingerprint density at radius 2 is 0.918 bits per heavy atom. The number of rotatable bonds is 38. The van der Waals surface area contributed by atoms with Gasteiger partial charge in [0, 0.05) is 12.8 Å². The summed E-state index contributed by atoms with van der Waals surface area (Å²) < 4.78 is 33.1. The van der Waals surface area contributed by atoms with Gasteiger partial charge in [0.05, 0.1) is 6.61 Å². The van der Waals surface area contributed by atoms with Gasteiger partial charge in [0.2, 0.25) is 0 Å². The van der Waals surface area contributed by atoms with Crippen molar-refractivity contribution in [2.24, 2.45) is 0 Å². The number of phosphoric ester groups is 1. The molecule has 0 saturated heterocycles. The first-order valence-corrected chi connectivity index (χ1v) is 24.9. The standard InChI is InChI=1S/C47H83O13P/c1-3-5-7-9-11-13-15-17-19-20-22-24-26-28-30-32-34-36-41(49)59-39(38-58-61(55,56)60-47-45(53)43(51)42(50)44(52)46(47)54)37-57-40(48)35-33-31-29-27-25-23-21-18-16-14-12-10-8-6-4-2/h11,13,17,19,22,24,28,30,39,42-47,50-54H,3-10,12,14-16,18,20-21,23,25-27,29,31-38H2,1-2H3,(H,55,56)/p-1/b13-11-,19-17-,24-22-,30-28-/t39-,42?,43-,44+,45-,46-,47?/m1/s1. The van der Waals surface area contributed by atoms with Crippen LogP contribution in [0.25, 0.3) is 0 Å². The lowest BCUT2D eigenvalue weighted by molar-refractivity contribution is -0.261. The zero-order valence-electron chi connectivity index (χ0n) is 37.4. The minimum absolute atomic E-state index is 0.00565. The summed E-state index contributed by atoms with van der Waals surface area (Å²) in [6, 6.07) is 0. The maximum Gasteiger partial charge on any atom is 0.306 e. The highest BCUT2D eigenvalue weighted by molar-refractivity contribution is 7.45. The topological polar surface area (TPSA) is 212 Å². The summed E-state index contributed by atoms with van der Waals surface area (Å²) >= 11 is 0. The molecule has 0 heterocycles. The second-order valence-electron chi connectivity index (χ2n) is 16.2. The van der Waals surface area contributed by atoms with Gasteiger partial charge < -0.3 is 48.9 Å². The summed E-state index contributed by atoms with van der Waals surface area (Å²) in [6.07, 6.45) is 29.8. The number of carbonyl (C=O) groups is 2. The highest BCUT2D eigenvalue weighted by atomic mass is 31.2. The minimum atomic E-state index is -5.38. The molecule has 0 aromatic rings. The van der Waals surface area contributed by atoms with Gasteiger partial charge in [-0.2, -0.15) is 0 Å². The summed E-state index contributed by atoms with van der Waals surface area (Å²) in [4.78, 5) is 38.0. The summed E-state index contributed by atoms with van der Waals surface area (Å²) in [7, 11) is -5.38. The van der Waals surface area contributed by atoms with Gasteiger partial charge in [-0.25, -0.2) is 0 Å². The molecule has 3 unspecified atom stereocenters. The first-order chi connectivity index (χ1) is 29.4. The Balaban J connectivity index is 2.50. The van der Waals surface area contributed by atoms with E-state index >= 15 is 0 Å². The van der Waals surface area contributed by atoms with Crippen LogP contribution in [-0.4, -0.2) is 93.4 Å². The highest BCUT2D eigenvalue weighted by Crippen LogP contribution is 2.43. The van der Waals surface area contributed by atoms with Crippen LogP contribution in [0.5, 0.6) is 0 Å². The summed E-state index contributed by atoms with van der Waals surface area (Å²) in [5, 5.41) is 50.0. The Morgan fingerprint density at radius 3 is 1.41 bits per heavy atom. The fraction of sp³-hybridized carbons (Fsp3) is 0.787. The quantitative estimate of drug-likeness (QED) is 0.0170. The van der Waals surface area contributed by atoms with Crippen LogP contribution >= 0.6 is 7.82 Å². The molecule has 1 aliphatic rings. The summed E-state index contributed by atoms with van der Waals surface area (Å²) in [6.45, 7) is 3.14. The van der Waals surface area contributed by atoms with E-state index in [-0.39, 0.29) is 12.8 Å². The Kier molecular flexibility index (Phi) is 34.7. The molecule has 354 valence electrons. The maximum atomic E-state index is 12.7. The Labute approximate surface area is 367 Å². The molecular weight excluding hydrogens is 803 g/mol. The molecule has 1 fully saturated rings. The van der Waals surface area contributed by atoms with Crippen molar-refractivity contribution in [3.8, 4) is 0 Å². The number of aliphatic hydroxyl groups excluding tert-OH is 5. The average molecular weight is 886 g/mol. The van der Waals surface area contributed by atoms with Gasteiger partial charge in [-0.15, -0.1) is 0 Å². The molecule has 0 aliphatic heterocycles. The van der Waals surface area contributed by atoms with Crippen molar-refractivity contribution < 1.29 is 63.1 Å². The number of ether oxygens (including phenoxy) is 2. The fourth-order valence-electron chi connectivity index (χ4n) is 6.86. The molecule has 0 amide bonds. The van der Waals surface area contributed by atoms with Gasteiger partial charge >= 0.3 is 11.9 Å². The molecular formula is C47H82O13P-. The molecule has 0 aromatic carbocycles. The Hall–Kier alpha value is -2.19. The smallest absolute Gasteiger partial charge is 0.306 e. The first-order valence-electron chi connectivity index (χ1n) is 23.4. The van der Waals surface area contributed by atoms with Crippen molar-refractivity contribution in [1.82, 2.24) is 0 Å². The van der Waals surface area contributed by atoms with Gasteiger partial charge in [0.1, 0.15) is 43.2 Å². The van der Waals surface area contributed by atoms with Crippen LogP contribution in [0.1, 0.15) is 181 Å². The fourth-order valence-corrected chi connectivity index (χ4v) is 7.82. The predicted molar refractivity (Wildman–Crippen MR) is 237 cm³/mol. The van der Waals surface area contributed by atoms with Gasteiger partial charge in [0.15, 0.2) is 6.10 Å². The van der Waals surface area contributed by atoms with E-state index in [9.17, 15) is 44.6 Å². The van der Waals surface area contributed by atoms with Crippen LogP contribution in [0.2, 0.25) is 0 Å². The number of aliphatic hydroxyl groups is 5. The third kappa shape index (κ3) is 29.7. The molecule has 13 nitrogen and oxygen atoms in total. The second kappa shape index (κ2) is 37.2. The van der Waals surface area contributed by atoms with Crippen molar-refractivity contribution in [2.75, 3.05) is 13.2 Å². The van der Waals surface area contributed by atoms with Gasteiger partial charge in [-0.3, -0.25) is 14.2 Å². The third-order valence-corrected chi connectivity index (χ3v) is 11.6. The molecule has 61 heavy (non-hydrogen) atoms. The van der Waals surface area contributed by atoms with Gasteiger partial charge in [0.25, 0.3) is 7.82 Å². The van der Waals surface area contributed by atoms with Gasteiger partial charge in [-0.05, 0) is 51.4 Å². The molecule has 0 aromatic heterocycles. The Morgan fingerprint density at radius 1 is 0.525 bits per heavy atom. The van der Waals surface area contributed by atoms with E-state index in [4.69, 9.17) is 18.5 Å². The van der Waals surface area contributed by atoms with Crippen LogP contribution in [0.15, 0.2) is 48.6 Å². The van der Waals surface area contributed by atoms with E-state index in [2.05, 4.69) is 50.3 Å². The molecule has 8 atom stereocenters. The van der Waals surface area contributed by atoms with Crippen LogP contribution in [-0.2, 0) is 32.7 Å². The van der Waals surface area contributed by atoms with E-state index < -0.39 is 75.7 Å². The lowest BCUT2D eigenvalue weighted by Gasteiger charge is -2.43. The molecule has 1 rings (SSSR count). The molecule has 1 saturated carbocycles. The van der Waals surface area contributed by atoms with Crippen molar-refractivity contribution in [2.45, 2.75) is 224 Å². The third-order valence-electron chi connectivity index (χ3n) is 10.7. The largest absolute Gasteiger partial charge is 0.756 e. The molecule has 5 N–H and O–H groups in total. The van der Waals surface area contributed by atoms with Crippen LogP contribution < -0.4 is 4.89 Å². The highest BCUT2D eigenvalue weighted by Gasteiger charge is 2.50. The zero-order valence-corrected chi connectivity index (χ0v) is 38.3. The number of hydrogen-bond acceptors (Lipinski definition) is 13. The van der Waals surface area contributed by atoms with Gasteiger partial charge in [-0.1, -0.05) is 165 Å². The zero-order chi connectivity index (χ0) is 45.0. The first kappa shape index (κ1) is 56.8. The van der Waals surface area contributed by atoms with E-state index in [1.165, 1.54) is 89.9 Å². The number of esters is 2. The molecule has 0 radical (unpaired) electrons. The molecule has 0 bridgehead atoms. The monoisotopic (exact) mass is 886 g/mol. The van der Waals surface area contributed by atoms with Crippen molar-refractivity contribution >= 4 is 19.8 Å². The normalized spacial score (nSPS) is 22.4. The SMILES string of the molecule is CCCCC/C=C\C/C=C\C/C=C\C/C=C\CCCC(=O)O[C@H](COC(=O)CCCCCCCCCCCCCCCCC)COP(=O)([O-])OC1[C@H](O)[C@H](O)C(O)[C@H](O)[C@H]1O. The van der Waals surface area contributed by atoms with E-state index in [1.807, 2.05) is 12.2 Å². The van der Waals surface area contributed by atoms with Crippen LogP contribution in [0.4, 0.5) is 0 Å². The molecule has 0 spiro atoms. The molecule has 14 heteroatoms. The maximum absolute atomic E-state index is 12.7. The number of allylic oxidation sites excluding steroid dienone is 8. The number of phosphoric acid groups is 1. The van der Waals surface area contributed by atoms with Crippen LogP contribution in [0.3, 0.4) is 0 Å².